The van der Waals surface area contributed by atoms with Crippen molar-refractivity contribution in [2.75, 3.05) is 31.6 Å². The minimum atomic E-state index is -0.440. The molecular weight excluding hydrogens is 280 g/mol. The quantitative estimate of drug-likeness (QED) is 0.839. The first-order valence-electron chi connectivity index (χ1n) is 7.90. The predicted octanol–water partition coefficient (Wildman–Crippen LogP) is 2.48. The number of ether oxygens (including phenoxy) is 1. The maximum absolute atomic E-state index is 12.4. The van der Waals surface area contributed by atoms with Crippen molar-refractivity contribution < 1.29 is 14.6 Å². The molecule has 1 aliphatic rings. The van der Waals surface area contributed by atoms with Crippen LogP contribution in [0.2, 0.25) is 0 Å². The van der Waals surface area contributed by atoms with Crippen molar-refractivity contribution in [3.8, 4) is 5.75 Å². The van der Waals surface area contributed by atoms with Gasteiger partial charge < -0.3 is 15.2 Å². The number of benzene rings is 1. The first kappa shape index (κ1) is 16.8. The average Bonchev–Trinajstić information content (AvgIpc) is 2.49. The van der Waals surface area contributed by atoms with Crippen LogP contribution >= 0.6 is 0 Å². The Kier molecular flexibility index (Phi) is 5.42. The van der Waals surface area contributed by atoms with Gasteiger partial charge >= 0.3 is 0 Å². The van der Waals surface area contributed by atoms with E-state index in [1.54, 1.807) is 6.07 Å². The SMILES string of the molecule is CCN1CCOC(C(=O)Nc2cc(C(C)C)c(O)cc2C)C1. The molecule has 2 N–H and O–H groups in total. The van der Waals surface area contributed by atoms with Gasteiger partial charge in [0.2, 0.25) is 0 Å². The Hall–Kier alpha value is -1.59. The topological polar surface area (TPSA) is 61.8 Å². The van der Waals surface area contributed by atoms with Gasteiger partial charge in [-0.1, -0.05) is 20.8 Å². The van der Waals surface area contributed by atoms with E-state index in [1.165, 1.54) is 0 Å². The van der Waals surface area contributed by atoms with Gasteiger partial charge in [-0.05, 0) is 42.6 Å². The van der Waals surface area contributed by atoms with Gasteiger partial charge in [0.15, 0.2) is 0 Å². The third-order valence-electron chi connectivity index (χ3n) is 4.14. The Balaban J connectivity index is 2.12. The molecule has 22 heavy (non-hydrogen) atoms. The van der Waals surface area contributed by atoms with Crippen molar-refractivity contribution in [3.63, 3.8) is 0 Å². The molecule has 122 valence electrons. The van der Waals surface area contributed by atoms with E-state index in [1.807, 2.05) is 26.8 Å². The van der Waals surface area contributed by atoms with Crippen LogP contribution in [-0.2, 0) is 9.53 Å². The van der Waals surface area contributed by atoms with Gasteiger partial charge in [-0.15, -0.1) is 0 Å². The van der Waals surface area contributed by atoms with Crippen LogP contribution in [0.25, 0.3) is 0 Å². The van der Waals surface area contributed by atoms with Crippen LogP contribution in [0.5, 0.6) is 5.75 Å². The summed E-state index contributed by atoms with van der Waals surface area (Å²) in [5, 5.41) is 12.9. The second kappa shape index (κ2) is 7.11. The normalized spacial score (nSPS) is 19.4. The molecular formula is C17H26N2O3. The van der Waals surface area contributed by atoms with Crippen molar-refractivity contribution in [1.29, 1.82) is 0 Å². The summed E-state index contributed by atoms with van der Waals surface area (Å²) in [6, 6.07) is 3.55. The smallest absolute Gasteiger partial charge is 0.254 e. The van der Waals surface area contributed by atoms with Crippen LogP contribution in [0.4, 0.5) is 5.69 Å². The summed E-state index contributed by atoms with van der Waals surface area (Å²) in [6.45, 7) is 11.0. The molecule has 1 heterocycles. The first-order chi connectivity index (χ1) is 10.4. The number of likely N-dealkylation sites (N-methyl/N-ethyl adjacent to an activating group) is 1. The third-order valence-corrected chi connectivity index (χ3v) is 4.14. The van der Waals surface area contributed by atoms with Crippen LogP contribution in [0.15, 0.2) is 12.1 Å². The van der Waals surface area contributed by atoms with Gasteiger partial charge in [0.25, 0.3) is 5.91 Å². The molecule has 1 fully saturated rings. The maximum Gasteiger partial charge on any atom is 0.254 e. The van der Waals surface area contributed by atoms with E-state index in [2.05, 4.69) is 17.1 Å². The molecule has 0 aliphatic carbocycles. The Morgan fingerprint density at radius 3 is 2.86 bits per heavy atom. The second-order valence-corrected chi connectivity index (χ2v) is 6.12. The van der Waals surface area contributed by atoms with E-state index in [-0.39, 0.29) is 17.6 Å². The van der Waals surface area contributed by atoms with Crippen molar-refractivity contribution in [1.82, 2.24) is 4.90 Å². The van der Waals surface area contributed by atoms with Crippen molar-refractivity contribution in [2.45, 2.75) is 39.7 Å². The maximum atomic E-state index is 12.4. The number of amides is 1. The molecule has 5 heteroatoms. The minimum Gasteiger partial charge on any atom is -0.508 e. The molecule has 1 aromatic carbocycles. The molecule has 1 aromatic rings. The summed E-state index contributed by atoms with van der Waals surface area (Å²) in [5.74, 6) is 0.344. The molecule has 1 aliphatic heterocycles. The molecule has 1 saturated heterocycles. The number of phenols is 1. The van der Waals surface area contributed by atoms with Gasteiger partial charge in [0.05, 0.1) is 6.61 Å². The molecule has 0 saturated carbocycles. The zero-order valence-corrected chi connectivity index (χ0v) is 13.8. The van der Waals surface area contributed by atoms with Crippen LogP contribution < -0.4 is 5.32 Å². The number of nitrogens with one attached hydrogen (secondary N) is 1. The third kappa shape index (κ3) is 3.78. The number of aromatic hydroxyl groups is 1. The second-order valence-electron chi connectivity index (χ2n) is 6.12. The lowest BCUT2D eigenvalue weighted by atomic mass is 9.99. The molecule has 5 nitrogen and oxygen atoms in total. The molecule has 0 aromatic heterocycles. The Labute approximate surface area is 132 Å². The fourth-order valence-corrected chi connectivity index (χ4v) is 2.67. The highest BCUT2D eigenvalue weighted by atomic mass is 16.5. The van der Waals surface area contributed by atoms with Crippen molar-refractivity contribution >= 4 is 11.6 Å². The first-order valence-corrected chi connectivity index (χ1v) is 7.90. The van der Waals surface area contributed by atoms with Crippen molar-refractivity contribution in [3.05, 3.63) is 23.3 Å². The zero-order chi connectivity index (χ0) is 16.3. The number of morpholine rings is 1. The fourth-order valence-electron chi connectivity index (χ4n) is 2.67. The van der Waals surface area contributed by atoms with Gasteiger partial charge in [-0.2, -0.15) is 0 Å². The van der Waals surface area contributed by atoms with E-state index in [0.717, 1.165) is 29.9 Å². The number of anilines is 1. The van der Waals surface area contributed by atoms with E-state index in [9.17, 15) is 9.90 Å². The highest BCUT2D eigenvalue weighted by Crippen LogP contribution is 2.31. The average molecular weight is 306 g/mol. The number of nitrogens with zero attached hydrogens (tertiary/aromatic N) is 1. The van der Waals surface area contributed by atoms with Gasteiger partial charge in [-0.3, -0.25) is 9.69 Å². The Morgan fingerprint density at radius 1 is 1.50 bits per heavy atom. The number of carbonyl (C=O) groups excluding carboxylic acids is 1. The molecule has 0 spiro atoms. The summed E-state index contributed by atoms with van der Waals surface area (Å²) in [4.78, 5) is 14.6. The minimum absolute atomic E-state index is 0.123. The predicted molar refractivity (Wildman–Crippen MR) is 87.4 cm³/mol. The summed E-state index contributed by atoms with van der Waals surface area (Å²) >= 11 is 0. The summed E-state index contributed by atoms with van der Waals surface area (Å²) < 4.78 is 5.58. The van der Waals surface area contributed by atoms with Gasteiger partial charge in [0.1, 0.15) is 11.9 Å². The van der Waals surface area contributed by atoms with Crippen LogP contribution in [0, 0.1) is 6.92 Å². The lowest BCUT2D eigenvalue weighted by molar-refractivity contribution is -0.132. The molecule has 1 amide bonds. The van der Waals surface area contributed by atoms with E-state index >= 15 is 0 Å². The van der Waals surface area contributed by atoms with Crippen molar-refractivity contribution in [2.24, 2.45) is 0 Å². The fraction of sp³-hybridized carbons (Fsp3) is 0.588. The Bertz CT molecular complexity index is 543. The van der Waals surface area contributed by atoms with E-state index in [0.29, 0.717) is 13.2 Å². The number of phenolic OH excluding ortho intramolecular Hbond substituents is 1. The van der Waals surface area contributed by atoms with Crippen LogP contribution in [0.1, 0.15) is 37.8 Å². The van der Waals surface area contributed by atoms with E-state index < -0.39 is 6.10 Å². The summed E-state index contributed by atoms with van der Waals surface area (Å²) in [7, 11) is 0. The monoisotopic (exact) mass is 306 g/mol. The highest BCUT2D eigenvalue weighted by Gasteiger charge is 2.26. The van der Waals surface area contributed by atoms with E-state index in [4.69, 9.17) is 4.74 Å². The lowest BCUT2D eigenvalue weighted by Crippen LogP contribution is -2.47. The lowest BCUT2D eigenvalue weighted by Gasteiger charge is -2.31. The van der Waals surface area contributed by atoms with Gasteiger partial charge in [0, 0.05) is 18.8 Å². The summed E-state index contributed by atoms with van der Waals surface area (Å²) in [6.07, 6.45) is -0.440. The van der Waals surface area contributed by atoms with Gasteiger partial charge in [-0.25, -0.2) is 0 Å². The number of carbonyl (C=O) groups is 1. The summed E-state index contributed by atoms with van der Waals surface area (Å²) in [5.41, 5.74) is 2.42. The Morgan fingerprint density at radius 2 is 2.23 bits per heavy atom. The number of hydrogen-bond donors (Lipinski definition) is 2. The molecule has 2 rings (SSSR count). The van der Waals surface area contributed by atoms with Crippen LogP contribution in [0.3, 0.4) is 0 Å². The number of aryl methyl sites for hydroxylation is 1. The molecule has 0 bridgehead atoms. The molecule has 1 atom stereocenters. The standard InChI is InChI=1S/C17H26N2O3/c1-5-19-6-7-22-16(10-19)17(21)18-14-9-13(11(2)3)15(20)8-12(14)4/h8-9,11,16,20H,5-7,10H2,1-4H3,(H,18,21). The largest absolute Gasteiger partial charge is 0.508 e. The zero-order valence-electron chi connectivity index (χ0n) is 13.8. The molecule has 0 radical (unpaired) electrons. The number of hydrogen-bond acceptors (Lipinski definition) is 4. The number of rotatable bonds is 4. The molecule has 1 unspecified atom stereocenters. The van der Waals surface area contributed by atoms with Crippen LogP contribution in [-0.4, -0.2) is 48.3 Å². The highest BCUT2D eigenvalue weighted by molar-refractivity contribution is 5.95.